The van der Waals surface area contributed by atoms with E-state index in [1.54, 1.807) is 12.1 Å². The highest BCUT2D eigenvalue weighted by atomic mass is 35.5. The van der Waals surface area contributed by atoms with Gasteiger partial charge in [-0.25, -0.2) is 14.1 Å². The Kier molecular flexibility index (Phi) is 8.65. The third kappa shape index (κ3) is 5.94. The van der Waals surface area contributed by atoms with E-state index in [0.717, 1.165) is 42.7 Å². The lowest BCUT2D eigenvalue weighted by Gasteiger charge is -2.26. The Balaban J connectivity index is 1.90. The van der Waals surface area contributed by atoms with Crippen LogP contribution in [0.1, 0.15) is 45.1 Å². The largest absolute Gasteiger partial charge is 0.490 e. The van der Waals surface area contributed by atoms with Crippen molar-refractivity contribution in [3.63, 3.8) is 0 Å². The third-order valence-electron chi connectivity index (χ3n) is 5.07. The van der Waals surface area contributed by atoms with Crippen LogP contribution in [0.4, 0.5) is 14.9 Å². The number of carbonyl (C=O) groups is 3. The van der Waals surface area contributed by atoms with Gasteiger partial charge in [-0.2, -0.15) is 0 Å². The second-order valence-electron chi connectivity index (χ2n) is 7.61. The summed E-state index contributed by atoms with van der Waals surface area (Å²) in [6, 6.07) is 7.03. The molecule has 7 nitrogen and oxygen atoms in total. The maximum atomic E-state index is 13.3. The van der Waals surface area contributed by atoms with Crippen LogP contribution in [0.25, 0.3) is 6.08 Å². The van der Waals surface area contributed by atoms with Crippen LogP contribution in [0.3, 0.4) is 0 Å². The van der Waals surface area contributed by atoms with E-state index in [1.807, 2.05) is 6.92 Å². The number of nitrogens with one attached hydrogen (secondary N) is 1. The molecule has 34 heavy (non-hydrogen) atoms. The number of carbonyl (C=O) groups excluding carboxylic acids is 3. The molecule has 0 radical (unpaired) electrons. The predicted octanol–water partition coefficient (Wildman–Crippen LogP) is 5.50. The van der Waals surface area contributed by atoms with Crippen LogP contribution in [0.5, 0.6) is 11.5 Å². The monoisotopic (exact) mass is 488 g/mol. The van der Waals surface area contributed by atoms with Crippen molar-refractivity contribution in [1.82, 2.24) is 5.32 Å². The fourth-order valence-corrected chi connectivity index (χ4v) is 3.70. The fraction of sp³-hybridized carbons (Fsp3) is 0.320. The Hall–Kier alpha value is -3.39. The number of barbiturate groups is 1. The molecule has 2 aromatic carbocycles. The molecule has 1 aliphatic rings. The first-order valence-corrected chi connectivity index (χ1v) is 11.5. The molecule has 0 atom stereocenters. The van der Waals surface area contributed by atoms with E-state index in [0.29, 0.717) is 30.3 Å². The van der Waals surface area contributed by atoms with Crippen molar-refractivity contribution < 1.29 is 28.2 Å². The maximum absolute atomic E-state index is 13.3. The van der Waals surface area contributed by atoms with Gasteiger partial charge in [0.15, 0.2) is 11.5 Å². The minimum absolute atomic E-state index is 0.127. The van der Waals surface area contributed by atoms with Gasteiger partial charge in [0, 0.05) is 0 Å². The van der Waals surface area contributed by atoms with Crippen LogP contribution >= 0.6 is 11.6 Å². The van der Waals surface area contributed by atoms with E-state index >= 15 is 0 Å². The van der Waals surface area contributed by atoms with Gasteiger partial charge in [0.05, 0.1) is 23.9 Å². The summed E-state index contributed by atoms with van der Waals surface area (Å²) in [6.45, 7) is 4.78. The van der Waals surface area contributed by atoms with Gasteiger partial charge in [-0.15, -0.1) is 0 Å². The molecule has 1 aliphatic heterocycles. The van der Waals surface area contributed by atoms with Crippen molar-refractivity contribution in [3.8, 4) is 11.5 Å². The minimum atomic E-state index is -0.918. The molecular formula is C25H26ClFN2O5. The summed E-state index contributed by atoms with van der Waals surface area (Å²) in [5, 5.41) is 2.40. The zero-order chi connectivity index (χ0) is 24.7. The van der Waals surface area contributed by atoms with Crippen LogP contribution in [0.2, 0.25) is 5.02 Å². The topological polar surface area (TPSA) is 84.9 Å². The van der Waals surface area contributed by atoms with Gasteiger partial charge in [0.25, 0.3) is 11.8 Å². The van der Waals surface area contributed by atoms with Crippen LogP contribution < -0.4 is 19.7 Å². The van der Waals surface area contributed by atoms with Crippen molar-refractivity contribution in [1.29, 1.82) is 0 Å². The van der Waals surface area contributed by atoms with Crippen LogP contribution in [0, 0.1) is 5.82 Å². The normalized spacial score (nSPS) is 15.0. The lowest BCUT2D eigenvalue weighted by Crippen LogP contribution is -2.54. The molecule has 0 unspecified atom stereocenters. The van der Waals surface area contributed by atoms with Gasteiger partial charge in [-0.3, -0.25) is 14.9 Å². The van der Waals surface area contributed by atoms with E-state index in [1.165, 1.54) is 18.2 Å². The molecule has 1 heterocycles. The molecule has 4 amide bonds. The summed E-state index contributed by atoms with van der Waals surface area (Å²) in [5.41, 5.74) is 0.261. The number of unbranched alkanes of at least 4 members (excludes halogenated alkanes) is 3. The molecule has 180 valence electrons. The molecule has 9 heteroatoms. The molecular weight excluding hydrogens is 463 g/mol. The number of anilines is 1. The Bertz CT molecular complexity index is 1100. The van der Waals surface area contributed by atoms with Crippen molar-refractivity contribution in [3.05, 3.63) is 58.4 Å². The number of hydrogen-bond acceptors (Lipinski definition) is 5. The highest BCUT2D eigenvalue weighted by Crippen LogP contribution is 2.38. The summed E-state index contributed by atoms with van der Waals surface area (Å²) >= 11 is 6.44. The van der Waals surface area contributed by atoms with Gasteiger partial charge in [-0.1, -0.05) is 37.8 Å². The first-order chi connectivity index (χ1) is 16.3. The summed E-state index contributed by atoms with van der Waals surface area (Å²) in [7, 11) is 0. The number of hydrogen-bond donors (Lipinski definition) is 1. The lowest BCUT2D eigenvalue weighted by atomic mass is 10.1. The van der Waals surface area contributed by atoms with Crippen LogP contribution in [-0.4, -0.2) is 31.1 Å². The van der Waals surface area contributed by atoms with E-state index < -0.39 is 23.7 Å². The first kappa shape index (κ1) is 25.2. The summed E-state index contributed by atoms with van der Waals surface area (Å²) < 4.78 is 24.8. The Labute approximate surface area is 202 Å². The third-order valence-corrected chi connectivity index (χ3v) is 5.35. The number of imide groups is 2. The van der Waals surface area contributed by atoms with Gasteiger partial charge in [0.1, 0.15) is 11.4 Å². The van der Waals surface area contributed by atoms with Crippen molar-refractivity contribution in [2.75, 3.05) is 18.1 Å². The standard InChI is InChI=1S/C25H26ClFN2O5/c1-3-5-6-7-12-34-22-20(26)14-16(15-21(22)33-4-2)13-19-23(30)28-25(32)29(24(19)31)18-10-8-17(27)9-11-18/h8-11,13-15H,3-7,12H2,1-2H3,(H,28,30,32)/b19-13+. The molecule has 0 bridgehead atoms. The Morgan fingerprint density at radius 3 is 2.44 bits per heavy atom. The molecule has 0 saturated carbocycles. The number of benzene rings is 2. The fourth-order valence-electron chi connectivity index (χ4n) is 3.43. The number of amides is 4. The Morgan fingerprint density at radius 1 is 1.03 bits per heavy atom. The van der Waals surface area contributed by atoms with Gasteiger partial charge < -0.3 is 9.47 Å². The lowest BCUT2D eigenvalue weighted by molar-refractivity contribution is -0.122. The van der Waals surface area contributed by atoms with Crippen molar-refractivity contribution in [2.24, 2.45) is 0 Å². The number of nitrogens with zero attached hydrogens (tertiary/aromatic N) is 1. The minimum Gasteiger partial charge on any atom is -0.490 e. The average Bonchev–Trinajstić information content (AvgIpc) is 2.79. The number of urea groups is 1. The summed E-state index contributed by atoms with van der Waals surface area (Å²) in [4.78, 5) is 38.5. The maximum Gasteiger partial charge on any atom is 0.335 e. The quantitative estimate of drug-likeness (QED) is 0.271. The highest BCUT2D eigenvalue weighted by Gasteiger charge is 2.36. The van der Waals surface area contributed by atoms with E-state index in [-0.39, 0.29) is 16.3 Å². The first-order valence-electron chi connectivity index (χ1n) is 11.1. The van der Waals surface area contributed by atoms with Gasteiger partial charge in [0.2, 0.25) is 0 Å². The second kappa shape index (κ2) is 11.7. The van der Waals surface area contributed by atoms with E-state index in [2.05, 4.69) is 12.2 Å². The molecule has 0 aromatic heterocycles. The average molecular weight is 489 g/mol. The number of ether oxygens (including phenoxy) is 2. The molecule has 0 aliphatic carbocycles. The second-order valence-corrected chi connectivity index (χ2v) is 8.01. The van der Waals surface area contributed by atoms with Crippen molar-refractivity contribution in [2.45, 2.75) is 39.5 Å². The SMILES string of the molecule is CCCCCCOc1c(Cl)cc(/C=C2\C(=O)NC(=O)N(c3ccc(F)cc3)C2=O)cc1OCC. The number of halogens is 2. The van der Waals surface area contributed by atoms with Gasteiger partial charge in [-0.05, 0) is 61.4 Å². The predicted molar refractivity (Wildman–Crippen MR) is 128 cm³/mol. The summed E-state index contributed by atoms with van der Waals surface area (Å²) in [6.07, 6.45) is 5.48. The van der Waals surface area contributed by atoms with E-state index in [9.17, 15) is 18.8 Å². The molecule has 0 spiro atoms. The molecule has 1 N–H and O–H groups in total. The van der Waals surface area contributed by atoms with Crippen LogP contribution in [-0.2, 0) is 9.59 Å². The zero-order valence-electron chi connectivity index (χ0n) is 19.0. The Morgan fingerprint density at radius 2 is 1.76 bits per heavy atom. The van der Waals surface area contributed by atoms with Crippen molar-refractivity contribution >= 4 is 41.2 Å². The smallest absolute Gasteiger partial charge is 0.335 e. The molecule has 1 saturated heterocycles. The van der Waals surface area contributed by atoms with Gasteiger partial charge >= 0.3 is 6.03 Å². The zero-order valence-corrected chi connectivity index (χ0v) is 19.8. The summed E-state index contributed by atoms with van der Waals surface area (Å²) in [5.74, 6) is -1.44. The van der Waals surface area contributed by atoms with E-state index in [4.69, 9.17) is 21.1 Å². The highest BCUT2D eigenvalue weighted by molar-refractivity contribution is 6.39. The number of rotatable bonds is 10. The molecule has 1 fully saturated rings. The molecule has 3 rings (SSSR count). The van der Waals surface area contributed by atoms with Crippen LogP contribution in [0.15, 0.2) is 42.0 Å². The molecule has 2 aromatic rings.